The summed E-state index contributed by atoms with van der Waals surface area (Å²) in [5.41, 5.74) is 9.61. The first-order valence-electron chi connectivity index (χ1n) is 6.14. The molecular formula is C14H14N4O2S. The van der Waals surface area contributed by atoms with Crippen molar-refractivity contribution in [3.8, 4) is 5.75 Å². The number of ketones is 1. The number of hydrogen-bond acceptors (Lipinski definition) is 4. The van der Waals surface area contributed by atoms with Crippen LogP contribution in [0.25, 0.3) is 10.4 Å². The molecule has 0 unspecified atom stereocenters. The topological polar surface area (TPSA) is 80.0 Å². The number of carbonyl (C=O) groups is 1. The largest absolute Gasteiger partial charge is 0.497 e. The van der Waals surface area contributed by atoms with E-state index >= 15 is 0 Å². The normalized spacial score (nSPS) is 10.0. The van der Waals surface area contributed by atoms with Crippen molar-refractivity contribution in [1.82, 2.24) is 4.57 Å². The first-order chi connectivity index (χ1) is 10.1. The highest BCUT2D eigenvalue weighted by Crippen LogP contribution is 2.38. The molecule has 0 N–H and O–H groups in total. The van der Waals surface area contributed by atoms with Gasteiger partial charge in [-0.3, -0.25) is 4.79 Å². The summed E-state index contributed by atoms with van der Waals surface area (Å²) in [7, 11) is 3.39. The smallest absolute Gasteiger partial charge is 0.176 e. The van der Waals surface area contributed by atoms with Crippen LogP contribution < -0.4 is 4.74 Å². The fourth-order valence-electron chi connectivity index (χ4n) is 1.90. The molecule has 0 spiro atoms. The van der Waals surface area contributed by atoms with Gasteiger partial charge < -0.3 is 9.30 Å². The van der Waals surface area contributed by atoms with Gasteiger partial charge in [0.15, 0.2) is 5.78 Å². The Hall–Kier alpha value is -2.37. The predicted octanol–water partition coefficient (Wildman–Crippen LogP) is 4.33. The van der Waals surface area contributed by atoms with Gasteiger partial charge >= 0.3 is 0 Å². The van der Waals surface area contributed by atoms with E-state index in [0.29, 0.717) is 11.4 Å². The summed E-state index contributed by atoms with van der Waals surface area (Å²) in [6, 6.07) is 9.12. The van der Waals surface area contributed by atoms with Crippen molar-refractivity contribution >= 4 is 23.2 Å². The molecule has 1 aromatic heterocycles. The number of benzene rings is 1. The molecule has 7 heteroatoms. The lowest BCUT2D eigenvalue weighted by Gasteiger charge is -2.07. The Labute approximate surface area is 126 Å². The van der Waals surface area contributed by atoms with E-state index in [0.717, 1.165) is 15.7 Å². The van der Waals surface area contributed by atoms with Crippen LogP contribution >= 0.6 is 11.8 Å². The zero-order chi connectivity index (χ0) is 15.4. The Kier molecular flexibility index (Phi) is 4.57. The maximum Gasteiger partial charge on any atom is 0.176 e. The van der Waals surface area contributed by atoms with Crippen molar-refractivity contribution < 1.29 is 9.53 Å². The maximum absolute atomic E-state index is 11.6. The molecule has 0 saturated heterocycles. The van der Waals surface area contributed by atoms with Gasteiger partial charge in [0.25, 0.3) is 0 Å². The van der Waals surface area contributed by atoms with Crippen molar-refractivity contribution in [2.24, 2.45) is 12.2 Å². The second-order valence-electron chi connectivity index (χ2n) is 4.30. The maximum atomic E-state index is 11.6. The first kappa shape index (κ1) is 15.0. The van der Waals surface area contributed by atoms with Gasteiger partial charge in [-0.1, -0.05) is 16.9 Å². The molecule has 1 aromatic carbocycles. The van der Waals surface area contributed by atoms with Gasteiger partial charge in [0, 0.05) is 23.8 Å². The number of hydrogen-bond donors (Lipinski definition) is 0. The summed E-state index contributed by atoms with van der Waals surface area (Å²) in [6.07, 6.45) is 0. The van der Waals surface area contributed by atoms with E-state index in [1.807, 2.05) is 24.3 Å². The van der Waals surface area contributed by atoms with Crippen LogP contribution in [0.15, 0.2) is 45.4 Å². The van der Waals surface area contributed by atoms with Gasteiger partial charge in [-0.25, -0.2) is 0 Å². The van der Waals surface area contributed by atoms with E-state index in [1.165, 1.54) is 18.7 Å². The minimum absolute atomic E-state index is 0.0755. The highest BCUT2D eigenvalue weighted by Gasteiger charge is 2.15. The molecule has 1 heterocycles. The third kappa shape index (κ3) is 3.21. The van der Waals surface area contributed by atoms with Crippen molar-refractivity contribution in [3.63, 3.8) is 0 Å². The predicted molar refractivity (Wildman–Crippen MR) is 81.3 cm³/mol. The third-order valence-corrected chi connectivity index (χ3v) is 4.13. The number of azide groups is 1. The minimum Gasteiger partial charge on any atom is -0.497 e. The van der Waals surface area contributed by atoms with Crippen LogP contribution in [0.3, 0.4) is 0 Å². The van der Waals surface area contributed by atoms with Gasteiger partial charge in [-0.05, 0) is 35.9 Å². The molecular weight excluding hydrogens is 288 g/mol. The summed E-state index contributed by atoms with van der Waals surface area (Å²) in [5, 5.41) is 4.39. The molecule has 0 bridgehead atoms. The van der Waals surface area contributed by atoms with Crippen LogP contribution in [0.2, 0.25) is 0 Å². The lowest BCUT2D eigenvalue weighted by molar-refractivity contribution is 0.100. The SMILES string of the molecule is COc1ccc(Sc2c(N=[N+]=[N-])cc(C(C)=O)n2C)cc1. The number of methoxy groups -OCH3 is 1. The molecule has 2 rings (SSSR count). The van der Waals surface area contributed by atoms with Gasteiger partial charge in [-0.2, -0.15) is 0 Å². The summed E-state index contributed by atoms with van der Waals surface area (Å²) in [5.74, 6) is 0.694. The molecule has 108 valence electrons. The Balaban J connectivity index is 2.41. The van der Waals surface area contributed by atoms with Gasteiger partial charge in [0.05, 0.1) is 23.5 Å². The molecule has 21 heavy (non-hydrogen) atoms. The number of rotatable bonds is 5. The monoisotopic (exact) mass is 302 g/mol. The van der Waals surface area contributed by atoms with Crippen LogP contribution in [-0.4, -0.2) is 17.5 Å². The lowest BCUT2D eigenvalue weighted by Crippen LogP contribution is -2.02. The zero-order valence-electron chi connectivity index (χ0n) is 11.9. The Morgan fingerprint density at radius 1 is 1.38 bits per heavy atom. The lowest BCUT2D eigenvalue weighted by atomic mass is 10.3. The van der Waals surface area contributed by atoms with Crippen LogP contribution in [0.5, 0.6) is 5.75 Å². The number of carbonyl (C=O) groups excluding carboxylic acids is 1. The Bertz CT molecular complexity index is 715. The summed E-state index contributed by atoms with van der Waals surface area (Å²) in [6.45, 7) is 1.48. The van der Waals surface area contributed by atoms with E-state index in [4.69, 9.17) is 10.3 Å². The van der Waals surface area contributed by atoms with Crippen LogP contribution in [-0.2, 0) is 7.05 Å². The molecule has 0 aliphatic carbocycles. The van der Waals surface area contributed by atoms with Crippen molar-refractivity contribution in [1.29, 1.82) is 0 Å². The molecule has 0 amide bonds. The minimum atomic E-state index is -0.0755. The highest BCUT2D eigenvalue weighted by molar-refractivity contribution is 7.99. The van der Waals surface area contributed by atoms with Crippen LogP contribution in [0.4, 0.5) is 5.69 Å². The molecule has 0 aliphatic heterocycles. The van der Waals surface area contributed by atoms with Crippen LogP contribution in [0.1, 0.15) is 17.4 Å². The number of nitrogens with zero attached hydrogens (tertiary/aromatic N) is 4. The number of Topliss-reactive ketones (excluding diaryl/α,β-unsaturated/α-hetero) is 1. The summed E-state index contributed by atoms with van der Waals surface area (Å²) < 4.78 is 6.85. The fourth-order valence-corrected chi connectivity index (χ4v) is 2.84. The van der Waals surface area contributed by atoms with Gasteiger partial charge in [0.2, 0.25) is 0 Å². The second kappa shape index (κ2) is 6.39. The summed E-state index contributed by atoms with van der Waals surface area (Å²) >= 11 is 1.43. The van der Waals surface area contributed by atoms with E-state index in [1.54, 1.807) is 24.8 Å². The van der Waals surface area contributed by atoms with Crippen molar-refractivity contribution in [2.75, 3.05) is 7.11 Å². The standard InChI is InChI=1S/C14H14N4O2S/c1-9(19)13-8-12(16-17-15)14(18(13)2)21-11-6-4-10(20-3)5-7-11/h4-8H,1-3H3. The number of ether oxygens (including phenoxy) is 1. The van der Waals surface area contributed by atoms with E-state index in [9.17, 15) is 4.79 Å². The van der Waals surface area contributed by atoms with Gasteiger partial charge in [-0.15, -0.1) is 0 Å². The fraction of sp³-hybridized carbons (Fsp3) is 0.214. The van der Waals surface area contributed by atoms with E-state index < -0.39 is 0 Å². The molecule has 2 aromatic rings. The van der Waals surface area contributed by atoms with Crippen molar-refractivity contribution in [3.05, 3.63) is 46.5 Å². The zero-order valence-corrected chi connectivity index (χ0v) is 12.7. The quantitative estimate of drug-likeness (QED) is 0.357. The number of aromatic nitrogens is 1. The molecule has 0 radical (unpaired) electrons. The first-order valence-corrected chi connectivity index (χ1v) is 6.96. The molecule has 0 atom stereocenters. The third-order valence-electron chi connectivity index (χ3n) is 2.95. The van der Waals surface area contributed by atoms with Crippen LogP contribution in [0, 0.1) is 0 Å². The average molecular weight is 302 g/mol. The van der Waals surface area contributed by atoms with Gasteiger partial charge in [0.1, 0.15) is 5.75 Å². The summed E-state index contributed by atoms with van der Waals surface area (Å²) in [4.78, 5) is 15.4. The Morgan fingerprint density at radius 3 is 2.57 bits per heavy atom. The van der Waals surface area contributed by atoms with E-state index in [-0.39, 0.29) is 5.78 Å². The molecule has 0 saturated carbocycles. The Morgan fingerprint density at radius 2 is 2.05 bits per heavy atom. The molecule has 0 aliphatic rings. The van der Waals surface area contributed by atoms with E-state index in [2.05, 4.69) is 10.0 Å². The molecule has 6 nitrogen and oxygen atoms in total. The highest BCUT2D eigenvalue weighted by atomic mass is 32.2. The average Bonchev–Trinajstić information content (AvgIpc) is 2.78. The second-order valence-corrected chi connectivity index (χ2v) is 5.36. The molecule has 0 fully saturated rings. The van der Waals surface area contributed by atoms with Crippen molar-refractivity contribution in [2.45, 2.75) is 16.8 Å².